The highest BCUT2D eigenvalue weighted by atomic mass is 32.1. The van der Waals surface area contributed by atoms with Gasteiger partial charge in [0.25, 0.3) is 11.5 Å². The summed E-state index contributed by atoms with van der Waals surface area (Å²) in [5, 5.41) is 2.34. The summed E-state index contributed by atoms with van der Waals surface area (Å²) >= 11 is 1.42. The Morgan fingerprint density at radius 3 is 2.91 bits per heavy atom. The molecule has 1 amide bonds. The molecule has 0 aliphatic carbocycles. The zero-order valence-corrected chi connectivity index (χ0v) is 13.1. The van der Waals surface area contributed by atoms with Crippen LogP contribution in [0.5, 0.6) is 0 Å². The van der Waals surface area contributed by atoms with E-state index in [2.05, 4.69) is 10.4 Å². The number of nitrogens with one attached hydrogen (secondary N) is 1. The number of thiophene rings is 1. The number of carbonyl (C=O) groups is 1. The SMILES string of the molecule is CCc1nc2sccc2c(=O)n1NC(=O)c1cccc(C)c1. The average Bonchev–Trinajstić information content (AvgIpc) is 2.98. The van der Waals surface area contributed by atoms with Gasteiger partial charge < -0.3 is 0 Å². The predicted molar refractivity (Wildman–Crippen MR) is 88.1 cm³/mol. The first-order valence-corrected chi connectivity index (χ1v) is 7.85. The number of hydrogen-bond acceptors (Lipinski definition) is 4. The molecular formula is C16H15N3O2S. The molecule has 0 unspecified atom stereocenters. The lowest BCUT2D eigenvalue weighted by atomic mass is 10.1. The standard InChI is InChI=1S/C16H15N3O2S/c1-3-13-17-15-12(7-8-22-15)16(21)19(13)18-14(20)11-6-4-5-10(2)9-11/h4-9H,3H2,1-2H3,(H,18,20). The highest BCUT2D eigenvalue weighted by molar-refractivity contribution is 7.16. The Morgan fingerprint density at radius 1 is 1.36 bits per heavy atom. The van der Waals surface area contributed by atoms with Crippen LogP contribution < -0.4 is 11.0 Å². The fourth-order valence-electron chi connectivity index (χ4n) is 2.26. The maximum absolute atomic E-state index is 12.5. The minimum Gasteiger partial charge on any atom is -0.267 e. The average molecular weight is 313 g/mol. The smallest absolute Gasteiger partial charge is 0.267 e. The summed E-state index contributed by atoms with van der Waals surface area (Å²) in [6.07, 6.45) is 0.553. The van der Waals surface area contributed by atoms with Crippen molar-refractivity contribution in [1.29, 1.82) is 0 Å². The molecule has 112 valence electrons. The molecule has 0 fully saturated rings. The Morgan fingerprint density at radius 2 is 2.18 bits per heavy atom. The van der Waals surface area contributed by atoms with Crippen molar-refractivity contribution in [3.8, 4) is 0 Å². The molecule has 22 heavy (non-hydrogen) atoms. The van der Waals surface area contributed by atoms with Gasteiger partial charge in [-0.25, -0.2) is 9.66 Å². The lowest BCUT2D eigenvalue weighted by Gasteiger charge is -2.12. The van der Waals surface area contributed by atoms with Crippen molar-refractivity contribution in [1.82, 2.24) is 9.66 Å². The third-order valence-electron chi connectivity index (χ3n) is 3.38. The Kier molecular flexibility index (Phi) is 3.77. The third-order valence-corrected chi connectivity index (χ3v) is 4.18. The second-order valence-corrected chi connectivity index (χ2v) is 5.87. The minimum absolute atomic E-state index is 0.246. The molecule has 3 rings (SSSR count). The van der Waals surface area contributed by atoms with Gasteiger partial charge in [-0.15, -0.1) is 11.3 Å². The van der Waals surface area contributed by atoms with Crippen LogP contribution in [-0.2, 0) is 6.42 Å². The van der Waals surface area contributed by atoms with E-state index in [1.807, 2.05) is 31.4 Å². The number of aryl methyl sites for hydroxylation is 2. The summed E-state index contributed by atoms with van der Waals surface area (Å²) in [7, 11) is 0. The van der Waals surface area contributed by atoms with Crippen LogP contribution in [0.4, 0.5) is 0 Å². The number of rotatable bonds is 3. The number of aromatic nitrogens is 2. The Bertz CT molecular complexity index is 911. The fraction of sp³-hybridized carbons (Fsp3) is 0.188. The molecule has 5 nitrogen and oxygen atoms in total. The molecule has 0 radical (unpaired) electrons. The van der Waals surface area contributed by atoms with E-state index in [1.54, 1.807) is 18.2 Å². The summed E-state index contributed by atoms with van der Waals surface area (Å²) in [4.78, 5) is 30.0. The van der Waals surface area contributed by atoms with Gasteiger partial charge in [0.05, 0.1) is 5.39 Å². The van der Waals surface area contributed by atoms with E-state index in [4.69, 9.17) is 0 Å². The zero-order chi connectivity index (χ0) is 15.7. The van der Waals surface area contributed by atoms with Gasteiger partial charge in [0.15, 0.2) is 0 Å². The first kappa shape index (κ1) is 14.5. The minimum atomic E-state index is -0.322. The number of fused-ring (bicyclic) bond motifs is 1. The van der Waals surface area contributed by atoms with Crippen LogP contribution in [0.15, 0.2) is 40.5 Å². The molecule has 0 atom stereocenters. The van der Waals surface area contributed by atoms with Crippen LogP contribution >= 0.6 is 11.3 Å². The maximum Gasteiger partial charge on any atom is 0.281 e. The number of carbonyl (C=O) groups excluding carboxylic acids is 1. The van der Waals surface area contributed by atoms with Gasteiger partial charge in [-0.1, -0.05) is 24.6 Å². The van der Waals surface area contributed by atoms with Crippen molar-refractivity contribution >= 4 is 27.5 Å². The summed E-state index contributed by atoms with van der Waals surface area (Å²) in [5.74, 6) is 0.220. The normalized spacial score (nSPS) is 10.8. The second-order valence-electron chi connectivity index (χ2n) is 4.97. The van der Waals surface area contributed by atoms with Gasteiger partial charge in [-0.05, 0) is 30.5 Å². The summed E-state index contributed by atoms with van der Waals surface area (Å²) in [6, 6.07) is 8.95. The van der Waals surface area contributed by atoms with Crippen LogP contribution in [0.2, 0.25) is 0 Å². The summed E-state index contributed by atoms with van der Waals surface area (Å²) in [6.45, 7) is 3.82. The van der Waals surface area contributed by atoms with Crippen LogP contribution in [0.3, 0.4) is 0 Å². The Balaban J connectivity index is 2.04. The molecule has 0 spiro atoms. The molecule has 1 aromatic carbocycles. The van der Waals surface area contributed by atoms with E-state index in [0.717, 1.165) is 5.56 Å². The lowest BCUT2D eigenvalue weighted by molar-refractivity contribution is 0.101. The van der Waals surface area contributed by atoms with Crippen LogP contribution in [0.1, 0.15) is 28.7 Å². The number of nitrogens with zero attached hydrogens (tertiary/aromatic N) is 2. The van der Waals surface area contributed by atoms with Crippen molar-refractivity contribution < 1.29 is 4.79 Å². The first-order valence-electron chi connectivity index (χ1n) is 6.97. The van der Waals surface area contributed by atoms with Gasteiger partial charge in [0, 0.05) is 12.0 Å². The molecule has 0 saturated heterocycles. The van der Waals surface area contributed by atoms with E-state index in [9.17, 15) is 9.59 Å². The molecule has 1 N–H and O–H groups in total. The third kappa shape index (κ3) is 2.53. The molecule has 6 heteroatoms. The monoisotopic (exact) mass is 313 g/mol. The van der Waals surface area contributed by atoms with Gasteiger partial charge >= 0.3 is 0 Å². The molecule has 0 saturated carbocycles. The van der Waals surface area contributed by atoms with E-state index in [-0.39, 0.29) is 11.5 Å². The molecule has 3 aromatic rings. The van der Waals surface area contributed by atoms with Gasteiger partial charge in [-0.3, -0.25) is 15.0 Å². The molecule has 0 bridgehead atoms. The van der Waals surface area contributed by atoms with E-state index < -0.39 is 0 Å². The van der Waals surface area contributed by atoms with Crippen LogP contribution in [0.25, 0.3) is 10.2 Å². The van der Waals surface area contributed by atoms with Crippen molar-refractivity contribution in [3.63, 3.8) is 0 Å². The van der Waals surface area contributed by atoms with Crippen molar-refractivity contribution in [3.05, 3.63) is 63.0 Å². The molecule has 2 aromatic heterocycles. The van der Waals surface area contributed by atoms with Crippen molar-refractivity contribution in [2.24, 2.45) is 0 Å². The maximum atomic E-state index is 12.5. The number of hydrogen-bond donors (Lipinski definition) is 1. The first-order chi connectivity index (χ1) is 10.6. The van der Waals surface area contributed by atoms with Gasteiger partial charge in [0.2, 0.25) is 0 Å². The van der Waals surface area contributed by atoms with Crippen molar-refractivity contribution in [2.75, 3.05) is 5.43 Å². The van der Waals surface area contributed by atoms with Gasteiger partial charge in [-0.2, -0.15) is 0 Å². The lowest BCUT2D eigenvalue weighted by Crippen LogP contribution is -2.36. The Labute approximate surface area is 131 Å². The number of benzene rings is 1. The highest BCUT2D eigenvalue weighted by Crippen LogP contribution is 2.15. The topological polar surface area (TPSA) is 64.0 Å². The fourth-order valence-corrected chi connectivity index (χ4v) is 3.03. The number of amides is 1. The van der Waals surface area contributed by atoms with E-state index >= 15 is 0 Å². The Hall–Kier alpha value is -2.47. The van der Waals surface area contributed by atoms with Gasteiger partial charge in [0.1, 0.15) is 10.7 Å². The second kappa shape index (κ2) is 5.73. The largest absolute Gasteiger partial charge is 0.281 e. The summed E-state index contributed by atoms with van der Waals surface area (Å²) in [5.41, 5.74) is 3.92. The summed E-state index contributed by atoms with van der Waals surface area (Å²) < 4.78 is 1.25. The van der Waals surface area contributed by atoms with E-state index in [0.29, 0.717) is 28.0 Å². The van der Waals surface area contributed by atoms with Crippen molar-refractivity contribution in [2.45, 2.75) is 20.3 Å². The molecule has 0 aliphatic rings. The molecule has 0 aliphatic heterocycles. The molecule has 2 heterocycles. The molecular weight excluding hydrogens is 298 g/mol. The highest BCUT2D eigenvalue weighted by Gasteiger charge is 2.14. The van der Waals surface area contributed by atoms with E-state index in [1.165, 1.54) is 16.0 Å². The zero-order valence-electron chi connectivity index (χ0n) is 12.3. The van der Waals surface area contributed by atoms with Crippen LogP contribution in [-0.4, -0.2) is 15.6 Å². The quantitative estimate of drug-likeness (QED) is 0.808. The predicted octanol–water partition coefficient (Wildman–Crippen LogP) is 2.71. The van der Waals surface area contributed by atoms with Crippen LogP contribution in [0, 0.1) is 6.92 Å².